The molecule has 1 fully saturated rings. The van der Waals surface area contributed by atoms with Gasteiger partial charge in [-0.2, -0.15) is 0 Å². The van der Waals surface area contributed by atoms with Gasteiger partial charge < -0.3 is 15.2 Å². The van der Waals surface area contributed by atoms with E-state index in [1.54, 1.807) is 32.9 Å². The molecule has 1 aromatic carbocycles. The summed E-state index contributed by atoms with van der Waals surface area (Å²) in [6.45, 7) is 5.42. The minimum atomic E-state index is -0.781. The van der Waals surface area contributed by atoms with E-state index in [2.05, 4.69) is 0 Å². The number of ether oxygens (including phenoxy) is 2. The van der Waals surface area contributed by atoms with Crippen molar-refractivity contribution in [3.63, 3.8) is 0 Å². The SMILES string of the molecule is CCOC(=O)C1=C(N)N2C(=O)[C@@H](C)SC2=C(C(=O)OCC)[C@@H]1c1ccccc1. The molecule has 0 bridgehead atoms. The quantitative estimate of drug-likeness (QED) is 0.754. The van der Waals surface area contributed by atoms with Crippen LogP contribution in [0.2, 0.25) is 0 Å². The monoisotopic (exact) mass is 402 g/mol. The van der Waals surface area contributed by atoms with Gasteiger partial charge in [0.2, 0.25) is 5.91 Å². The van der Waals surface area contributed by atoms with Crippen LogP contribution in [0.3, 0.4) is 0 Å². The topological polar surface area (TPSA) is 98.9 Å². The Hall–Kier alpha value is -2.74. The minimum Gasteiger partial charge on any atom is -0.463 e. The van der Waals surface area contributed by atoms with Crippen molar-refractivity contribution in [3.05, 3.63) is 57.9 Å². The molecule has 2 heterocycles. The lowest BCUT2D eigenvalue weighted by molar-refractivity contribution is -0.139. The van der Waals surface area contributed by atoms with Gasteiger partial charge >= 0.3 is 11.9 Å². The number of hydrogen-bond acceptors (Lipinski definition) is 7. The van der Waals surface area contributed by atoms with Gasteiger partial charge in [-0.25, -0.2) is 9.59 Å². The Labute approximate surface area is 167 Å². The van der Waals surface area contributed by atoms with E-state index in [0.717, 1.165) is 0 Å². The third kappa shape index (κ3) is 3.28. The fraction of sp³-hybridized carbons (Fsp3) is 0.350. The molecule has 2 aliphatic rings. The first-order valence-electron chi connectivity index (χ1n) is 9.05. The van der Waals surface area contributed by atoms with Crippen molar-refractivity contribution >= 4 is 29.6 Å². The van der Waals surface area contributed by atoms with Crippen LogP contribution in [0.1, 0.15) is 32.3 Å². The second kappa shape index (κ2) is 8.10. The number of carbonyl (C=O) groups excluding carboxylic acids is 3. The van der Waals surface area contributed by atoms with Gasteiger partial charge in [0.25, 0.3) is 0 Å². The molecule has 28 heavy (non-hydrogen) atoms. The van der Waals surface area contributed by atoms with Crippen LogP contribution in [0.25, 0.3) is 0 Å². The number of amides is 1. The Morgan fingerprint density at radius 2 is 1.64 bits per heavy atom. The molecule has 0 saturated carbocycles. The number of hydrogen-bond donors (Lipinski definition) is 1. The minimum absolute atomic E-state index is 0.00259. The normalized spacial score (nSPS) is 21.7. The van der Waals surface area contributed by atoms with Crippen LogP contribution in [-0.2, 0) is 23.9 Å². The number of nitrogens with zero attached hydrogens (tertiary/aromatic N) is 1. The maximum Gasteiger partial charge on any atom is 0.338 e. The Balaban J connectivity index is 2.28. The number of esters is 2. The van der Waals surface area contributed by atoms with Crippen LogP contribution in [0.15, 0.2) is 52.3 Å². The Kier molecular flexibility index (Phi) is 5.79. The molecule has 2 aliphatic heterocycles. The first-order valence-corrected chi connectivity index (χ1v) is 9.93. The lowest BCUT2D eigenvalue weighted by Gasteiger charge is -2.33. The lowest BCUT2D eigenvalue weighted by Crippen LogP contribution is -2.40. The molecule has 0 aromatic heterocycles. The van der Waals surface area contributed by atoms with Crippen molar-refractivity contribution in [2.24, 2.45) is 5.73 Å². The van der Waals surface area contributed by atoms with Crippen LogP contribution >= 0.6 is 11.8 Å². The molecule has 1 aromatic rings. The summed E-state index contributed by atoms with van der Waals surface area (Å²) in [6.07, 6.45) is 0. The number of carbonyl (C=O) groups is 3. The van der Waals surface area contributed by atoms with Gasteiger partial charge in [0.05, 0.1) is 40.6 Å². The fourth-order valence-electron chi connectivity index (χ4n) is 3.32. The molecular weight excluding hydrogens is 380 g/mol. The van der Waals surface area contributed by atoms with E-state index < -0.39 is 23.1 Å². The molecule has 1 saturated heterocycles. The van der Waals surface area contributed by atoms with Crippen LogP contribution in [0, 0.1) is 0 Å². The van der Waals surface area contributed by atoms with Crippen LogP contribution in [0.4, 0.5) is 0 Å². The molecular formula is C20H22N2O5S. The van der Waals surface area contributed by atoms with Crippen molar-refractivity contribution in [2.45, 2.75) is 31.9 Å². The Morgan fingerprint density at radius 3 is 2.21 bits per heavy atom. The van der Waals surface area contributed by atoms with Crippen molar-refractivity contribution in [2.75, 3.05) is 13.2 Å². The van der Waals surface area contributed by atoms with E-state index in [1.807, 2.05) is 18.2 Å². The third-order valence-corrected chi connectivity index (χ3v) is 5.69. The molecule has 8 heteroatoms. The van der Waals surface area contributed by atoms with Gasteiger partial charge in [-0.05, 0) is 26.3 Å². The third-order valence-electron chi connectivity index (χ3n) is 4.51. The van der Waals surface area contributed by atoms with Crippen LogP contribution < -0.4 is 5.73 Å². The molecule has 0 unspecified atom stereocenters. The highest BCUT2D eigenvalue weighted by Crippen LogP contribution is 2.49. The highest BCUT2D eigenvalue weighted by atomic mass is 32.2. The zero-order chi connectivity index (χ0) is 20.4. The van der Waals surface area contributed by atoms with E-state index in [1.165, 1.54) is 16.7 Å². The average Bonchev–Trinajstić information content (AvgIpc) is 2.97. The van der Waals surface area contributed by atoms with Crippen molar-refractivity contribution in [1.82, 2.24) is 4.90 Å². The summed E-state index contributed by atoms with van der Waals surface area (Å²) in [5.41, 5.74) is 7.29. The maximum absolute atomic E-state index is 12.9. The summed E-state index contributed by atoms with van der Waals surface area (Å²) in [5, 5.41) is -0.0219. The summed E-state index contributed by atoms with van der Waals surface area (Å²) in [6, 6.07) is 9.06. The van der Waals surface area contributed by atoms with E-state index in [-0.39, 0.29) is 36.1 Å². The predicted octanol–water partition coefficient (Wildman–Crippen LogP) is 2.26. The van der Waals surface area contributed by atoms with Crippen molar-refractivity contribution in [3.8, 4) is 0 Å². The predicted molar refractivity (Wildman–Crippen MR) is 105 cm³/mol. The van der Waals surface area contributed by atoms with Gasteiger partial charge in [-0.3, -0.25) is 9.69 Å². The van der Waals surface area contributed by atoms with Gasteiger partial charge in [0, 0.05) is 0 Å². The molecule has 2 N–H and O–H groups in total. The van der Waals surface area contributed by atoms with E-state index in [9.17, 15) is 14.4 Å². The highest BCUT2D eigenvalue weighted by Gasteiger charge is 2.48. The molecule has 1 amide bonds. The largest absolute Gasteiger partial charge is 0.463 e. The second-order valence-electron chi connectivity index (χ2n) is 6.24. The first-order chi connectivity index (χ1) is 13.4. The number of benzene rings is 1. The average molecular weight is 402 g/mol. The zero-order valence-electron chi connectivity index (χ0n) is 15.9. The lowest BCUT2D eigenvalue weighted by atomic mass is 9.82. The smallest absolute Gasteiger partial charge is 0.338 e. The first kappa shape index (κ1) is 20.0. The van der Waals surface area contributed by atoms with E-state index in [4.69, 9.17) is 15.2 Å². The Bertz CT molecular complexity index is 878. The van der Waals surface area contributed by atoms with Gasteiger partial charge in [0.1, 0.15) is 5.82 Å². The van der Waals surface area contributed by atoms with Gasteiger partial charge in [-0.15, -0.1) is 0 Å². The summed E-state index contributed by atoms with van der Waals surface area (Å²) in [5.74, 6) is -2.31. The Morgan fingerprint density at radius 1 is 1.07 bits per heavy atom. The van der Waals surface area contributed by atoms with E-state index in [0.29, 0.717) is 10.6 Å². The molecule has 0 spiro atoms. The maximum atomic E-state index is 12.9. The number of rotatable bonds is 5. The molecule has 148 valence electrons. The molecule has 2 atom stereocenters. The van der Waals surface area contributed by atoms with Crippen molar-refractivity contribution in [1.29, 1.82) is 0 Å². The van der Waals surface area contributed by atoms with Gasteiger partial charge in [0.15, 0.2) is 0 Å². The van der Waals surface area contributed by atoms with Crippen LogP contribution in [0.5, 0.6) is 0 Å². The van der Waals surface area contributed by atoms with Gasteiger partial charge in [-0.1, -0.05) is 42.1 Å². The molecule has 3 rings (SSSR count). The fourth-order valence-corrected chi connectivity index (χ4v) is 4.49. The summed E-state index contributed by atoms with van der Waals surface area (Å²) in [4.78, 5) is 39.7. The van der Waals surface area contributed by atoms with Crippen molar-refractivity contribution < 1.29 is 23.9 Å². The summed E-state index contributed by atoms with van der Waals surface area (Å²) < 4.78 is 10.5. The standard InChI is InChI=1S/C20H22N2O5S/c1-4-26-19(24)14-13(12-9-7-6-8-10-12)15(20(25)27-5-2)18-22(16(14)21)17(23)11(3)28-18/h6-11,13H,4-5,21H2,1-3H3/t11-,13-/m1/s1. The zero-order valence-corrected chi connectivity index (χ0v) is 16.7. The molecule has 7 nitrogen and oxygen atoms in total. The number of thioether (sulfide) groups is 1. The van der Waals surface area contributed by atoms with Crippen LogP contribution in [-0.4, -0.2) is 41.2 Å². The summed E-state index contributed by atoms with van der Waals surface area (Å²) >= 11 is 1.24. The van der Waals surface area contributed by atoms with E-state index >= 15 is 0 Å². The second-order valence-corrected chi connectivity index (χ2v) is 7.57. The molecule has 0 radical (unpaired) electrons. The number of fused-ring (bicyclic) bond motifs is 1. The molecule has 0 aliphatic carbocycles. The number of nitrogens with two attached hydrogens (primary N) is 1. The summed E-state index contributed by atoms with van der Waals surface area (Å²) in [7, 11) is 0. The highest BCUT2D eigenvalue weighted by molar-refractivity contribution is 8.04.